The molecule has 0 aliphatic heterocycles. The molecular weight excluding hydrogens is 156 g/mol. The maximum Gasteiger partial charge on any atom is 0.163 e. The lowest BCUT2D eigenvalue weighted by Crippen LogP contribution is -2.27. The minimum absolute atomic E-state index is 0.216. The van der Waals surface area contributed by atoms with Gasteiger partial charge >= 0.3 is 0 Å². The van der Waals surface area contributed by atoms with Crippen LogP contribution < -0.4 is 11.3 Å². The number of hydrogen-bond acceptors (Lipinski definition) is 4. The molecule has 0 aromatic carbocycles. The van der Waals surface area contributed by atoms with Gasteiger partial charge in [-0.3, -0.25) is 10.1 Å². The Labute approximate surface area is 67.7 Å². The molecule has 0 fully saturated rings. The van der Waals surface area contributed by atoms with Crippen LogP contribution in [0.2, 0.25) is 0 Å². The molecule has 0 amide bonds. The molecule has 0 saturated heterocycles. The summed E-state index contributed by atoms with van der Waals surface area (Å²) in [4.78, 5) is 4.02. The van der Waals surface area contributed by atoms with E-state index in [0.29, 0.717) is 11.0 Å². The molecule has 0 saturated carbocycles. The second-order valence-electron chi connectivity index (χ2n) is 2.51. The smallest absolute Gasteiger partial charge is 0.163 e. The van der Waals surface area contributed by atoms with Gasteiger partial charge in [0.1, 0.15) is 6.33 Å². The molecule has 3 N–H and O–H groups in total. The van der Waals surface area contributed by atoms with Gasteiger partial charge in [-0.2, -0.15) is 5.10 Å². The minimum atomic E-state index is 0.216. The van der Waals surface area contributed by atoms with Crippen LogP contribution in [0.5, 0.6) is 0 Å². The zero-order chi connectivity index (χ0) is 8.72. The van der Waals surface area contributed by atoms with Crippen LogP contribution in [0, 0.1) is 5.41 Å². The zero-order valence-electron chi connectivity index (χ0n) is 6.52. The van der Waals surface area contributed by atoms with Crippen molar-refractivity contribution < 1.29 is 0 Å². The summed E-state index contributed by atoms with van der Waals surface area (Å²) in [6, 6.07) is 0. The quantitative estimate of drug-likeness (QED) is 0.488. The molecule has 2 aromatic rings. The van der Waals surface area contributed by atoms with Gasteiger partial charge in [-0.25, -0.2) is 9.66 Å². The number of nitrogens with zero attached hydrogens (tertiary/aromatic N) is 4. The first-order chi connectivity index (χ1) is 5.70. The summed E-state index contributed by atoms with van der Waals surface area (Å²) in [7, 11) is 1.77. The van der Waals surface area contributed by atoms with Crippen LogP contribution in [0.25, 0.3) is 11.0 Å². The van der Waals surface area contributed by atoms with Crippen LogP contribution in [0.15, 0.2) is 12.5 Å². The highest BCUT2D eigenvalue weighted by Gasteiger charge is 2.02. The number of nitrogens with one attached hydrogen (secondary N) is 1. The summed E-state index contributed by atoms with van der Waals surface area (Å²) in [5.74, 6) is 5.42. The van der Waals surface area contributed by atoms with E-state index in [2.05, 4.69) is 10.1 Å². The molecule has 2 heterocycles. The Morgan fingerprint density at radius 2 is 2.33 bits per heavy atom. The number of nitrogen functional groups attached to an aromatic ring is 1. The average Bonchev–Trinajstić information content (AvgIpc) is 2.41. The number of fused-ring (bicyclic) bond motifs is 1. The predicted octanol–water partition coefficient (Wildman–Crippen LogP) is -1.04. The fourth-order valence-electron chi connectivity index (χ4n) is 1.06. The van der Waals surface area contributed by atoms with Crippen molar-refractivity contribution in [3.8, 4) is 0 Å². The Bertz CT molecular complexity index is 478. The number of rotatable bonds is 0. The van der Waals surface area contributed by atoms with Gasteiger partial charge in [-0.1, -0.05) is 0 Å². The summed E-state index contributed by atoms with van der Waals surface area (Å²) in [5.41, 5.74) is 0.884. The van der Waals surface area contributed by atoms with Gasteiger partial charge in [-0.05, 0) is 0 Å². The van der Waals surface area contributed by atoms with E-state index in [-0.39, 0.29) is 5.49 Å². The van der Waals surface area contributed by atoms with Gasteiger partial charge in [0.05, 0.1) is 11.6 Å². The standard InChI is InChI=1S/C6H8N6/c1-11-6-4(2-10-11)5(7)12(8)3-9-6/h2-3,7H,8H2,1H3. The van der Waals surface area contributed by atoms with Crippen molar-refractivity contribution >= 4 is 11.0 Å². The molecule has 6 nitrogen and oxygen atoms in total. The summed E-state index contributed by atoms with van der Waals surface area (Å²) in [5, 5.41) is 12.2. The number of nitrogens with two attached hydrogens (primary N) is 1. The van der Waals surface area contributed by atoms with E-state index < -0.39 is 0 Å². The molecule has 62 valence electrons. The van der Waals surface area contributed by atoms with Crippen LogP contribution in [0.3, 0.4) is 0 Å². The van der Waals surface area contributed by atoms with E-state index in [9.17, 15) is 0 Å². The second kappa shape index (κ2) is 2.07. The van der Waals surface area contributed by atoms with Crippen molar-refractivity contribution in [1.82, 2.24) is 19.4 Å². The molecule has 0 aliphatic rings. The topological polar surface area (TPSA) is 85.5 Å². The average molecular weight is 164 g/mol. The van der Waals surface area contributed by atoms with E-state index in [4.69, 9.17) is 11.3 Å². The van der Waals surface area contributed by atoms with Crippen molar-refractivity contribution in [2.45, 2.75) is 0 Å². The van der Waals surface area contributed by atoms with Crippen molar-refractivity contribution in [3.63, 3.8) is 0 Å². The van der Waals surface area contributed by atoms with E-state index in [1.165, 1.54) is 6.33 Å². The van der Waals surface area contributed by atoms with Crippen LogP contribution >= 0.6 is 0 Å². The van der Waals surface area contributed by atoms with E-state index >= 15 is 0 Å². The second-order valence-corrected chi connectivity index (χ2v) is 2.51. The maximum absolute atomic E-state index is 7.55. The maximum atomic E-state index is 7.55. The van der Waals surface area contributed by atoms with Crippen molar-refractivity contribution in [1.29, 1.82) is 5.41 Å². The third-order valence-corrected chi connectivity index (χ3v) is 1.73. The van der Waals surface area contributed by atoms with E-state index in [0.717, 1.165) is 4.68 Å². The van der Waals surface area contributed by atoms with Gasteiger partial charge in [0.25, 0.3) is 0 Å². The Morgan fingerprint density at radius 1 is 1.58 bits per heavy atom. The molecule has 2 rings (SSSR count). The number of aryl methyl sites for hydroxylation is 1. The number of aromatic nitrogens is 4. The van der Waals surface area contributed by atoms with Crippen molar-refractivity contribution in [2.75, 3.05) is 5.84 Å². The summed E-state index contributed by atoms with van der Waals surface area (Å²) in [6.45, 7) is 0. The normalized spacial score (nSPS) is 10.8. The molecule has 12 heavy (non-hydrogen) atoms. The highest BCUT2D eigenvalue weighted by Crippen LogP contribution is 2.01. The van der Waals surface area contributed by atoms with Gasteiger partial charge < -0.3 is 5.84 Å². The van der Waals surface area contributed by atoms with Crippen molar-refractivity contribution in [3.05, 3.63) is 18.0 Å². The van der Waals surface area contributed by atoms with Crippen LogP contribution in [0.1, 0.15) is 0 Å². The molecule has 0 bridgehead atoms. The van der Waals surface area contributed by atoms with E-state index in [1.54, 1.807) is 17.9 Å². The molecule has 0 atom stereocenters. The molecular formula is C6H8N6. The van der Waals surface area contributed by atoms with Gasteiger partial charge in [-0.15, -0.1) is 0 Å². The summed E-state index contributed by atoms with van der Waals surface area (Å²) < 4.78 is 2.76. The Kier molecular flexibility index (Phi) is 1.18. The molecule has 6 heteroatoms. The number of hydrogen-bond donors (Lipinski definition) is 2. The zero-order valence-corrected chi connectivity index (χ0v) is 6.52. The highest BCUT2D eigenvalue weighted by atomic mass is 15.3. The Morgan fingerprint density at radius 3 is 3.08 bits per heavy atom. The molecule has 2 aromatic heterocycles. The first-order valence-corrected chi connectivity index (χ1v) is 3.39. The third-order valence-electron chi connectivity index (χ3n) is 1.73. The van der Waals surface area contributed by atoms with E-state index in [1.807, 2.05) is 0 Å². The lowest BCUT2D eigenvalue weighted by atomic mass is 10.4. The lowest BCUT2D eigenvalue weighted by Gasteiger charge is -1.97. The van der Waals surface area contributed by atoms with Crippen LogP contribution in [-0.2, 0) is 7.05 Å². The Hall–Kier alpha value is -1.85. The summed E-state index contributed by atoms with van der Waals surface area (Å²) >= 11 is 0. The fourth-order valence-corrected chi connectivity index (χ4v) is 1.06. The highest BCUT2D eigenvalue weighted by molar-refractivity contribution is 5.72. The van der Waals surface area contributed by atoms with Gasteiger partial charge in [0.2, 0.25) is 0 Å². The lowest BCUT2D eigenvalue weighted by molar-refractivity contribution is 0.779. The van der Waals surface area contributed by atoms with Crippen molar-refractivity contribution in [2.24, 2.45) is 7.05 Å². The molecule has 0 unspecified atom stereocenters. The first-order valence-electron chi connectivity index (χ1n) is 3.39. The SMILES string of the molecule is Cn1ncc2c(=N)n(N)cnc21. The molecule has 0 spiro atoms. The van der Waals surface area contributed by atoms with Gasteiger partial charge in [0.15, 0.2) is 11.1 Å². The predicted molar refractivity (Wildman–Crippen MR) is 42.5 cm³/mol. The van der Waals surface area contributed by atoms with Crippen LogP contribution in [0.4, 0.5) is 0 Å². The van der Waals surface area contributed by atoms with Gasteiger partial charge in [0, 0.05) is 7.05 Å². The summed E-state index contributed by atoms with van der Waals surface area (Å²) in [6.07, 6.45) is 2.97. The monoisotopic (exact) mass is 164 g/mol. The third kappa shape index (κ3) is 0.714. The largest absolute Gasteiger partial charge is 0.336 e. The van der Waals surface area contributed by atoms with Crippen LogP contribution in [-0.4, -0.2) is 19.4 Å². The minimum Gasteiger partial charge on any atom is -0.336 e. The molecule has 0 radical (unpaired) electrons. The molecule has 0 aliphatic carbocycles. The Balaban J connectivity index is 3.03. The fraction of sp³-hybridized carbons (Fsp3) is 0.167. The first kappa shape index (κ1) is 6.84.